The Morgan fingerprint density at radius 3 is 2.50 bits per heavy atom. The van der Waals surface area contributed by atoms with Crippen LogP contribution in [0.4, 0.5) is 24.5 Å². The molecule has 0 bridgehead atoms. The number of ether oxygens (including phenoxy) is 1. The molecule has 2 rings (SSSR count). The molecule has 1 saturated heterocycles. The molecule has 0 unspecified atom stereocenters. The maximum atomic E-state index is 13.0. The molecule has 0 aliphatic carbocycles. The first-order chi connectivity index (χ1) is 11.2. The molecule has 6 nitrogen and oxygen atoms in total. The van der Waals surface area contributed by atoms with Crippen LogP contribution in [0.5, 0.6) is 0 Å². The van der Waals surface area contributed by atoms with Gasteiger partial charge >= 0.3 is 12.1 Å². The molecule has 0 saturated carbocycles. The van der Waals surface area contributed by atoms with E-state index in [1.807, 2.05) is 0 Å². The molecule has 0 aromatic heterocycles. The number of esters is 1. The summed E-state index contributed by atoms with van der Waals surface area (Å²) < 4.78 is 43.7. The predicted molar refractivity (Wildman–Crippen MR) is 79.7 cm³/mol. The van der Waals surface area contributed by atoms with E-state index in [2.05, 4.69) is 4.74 Å². The zero-order valence-corrected chi connectivity index (χ0v) is 13.0. The number of alkyl halides is 3. The fourth-order valence-corrected chi connectivity index (χ4v) is 2.82. The Kier molecular flexibility index (Phi) is 5.30. The second-order valence-corrected chi connectivity index (χ2v) is 5.67. The van der Waals surface area contributed by atoms with Crippen LogP contribution in [0.25, 0.3) is 0 Å². The van der Waals surface area contributed by atoms with Crippen molar-refractivity contribution in [1.29, 1.82) is 0 Å². The minimum Gasteiger partial charge on any atom is -0.469 e. The number of rotatable bonds is 4. The third-order valence-corrected chi connectivity index (χ3v) is 4.14. The summed E-state index contributed by atoms with van der Waals surface area (Å²) in [5, 5.41) is 10.8. The number of benzene rings is 1. The zero-order chi connectivity index (χ0) is 17.9. The molecule has 1 aromatic carbocycles. The summed E-state index contributed by atoms with van der Waals surface area (Å²) in [6, 6.07) is 3.03. The molecule has 132 valence electrons. The Hall–Kier alpha value is -2.32. The molecule has 24 heavy (non-hydrogen) atoms. The van der Waals surface area contributed by atoms with Gasteiger partial charge in [0.15, 0.2) is 0 Å². The molecule has 1 aromatic rings. The summed E-state index contributed by atoms with van der Waals surface area (Å²) in [6.07, 6.45) is -3.21. The Labute approximate surface area is 136 Å². The Morgan fingerprint density at radius 2 is 2.00 bits per heavy atom. The maximum absolute atomic E-state index is 13.0. The van der Waals surface area contributed by atoms with Gasteiger partial charge in [-0.05, 0) is 30.9 Å². The zero-order valence-electron chi connectivity index (χ0n) is 13.0. The van der Waals surface area contributed by atoms with Crippen LogP contribution in [0.3, 0.4) is 0 Å². The van der Waals surface area contributed by atoms with Gasteiger partial charge in [-0.3, -0.25) is 14.9 Å². The number of hydrogen-bond acceptors (Lipinski definition) is 5. The average Bonchev–Trinajstić information content (AvgIpc) is 2.54. The van der Waals surface area contributed by atoms with E-state index in [1.165, 1.54) is 13.2 Å². The maximum Gasteiger partial charge on any atom is 0.423 e. The van der Waals surface area contributed by atoms with Crippen molar-refractivity contribution in [1.82, 2.24) is 0 Å². The second kappa shape index (κ2) is 7.06. The van der Waals surface area contributed by atoms with Gasteiger partial charge in [-0.15, -0.1) is 0 Å². The van der Waals surface area contributed by atoms with Crippen molar-refractivity contribution in [2.45, 2.75) is 25.4 Å². The summed E-state index contributed by atoms with van der Waals surface area (Å²) >= 11 is 0. The number of anilines is 1. The lowest BCUT2D eigenvalue weighted by molar-refractivity contribution is -0.388. The van der Waals surface area contributed by atoms with E-state index in [9.17, 15) is 28.1 Å². The van der Waals surface area contributed by atoms with E-state index in [-0.39, 0.29) is 11.9 Å². The molecule has 0 spiro atoms. The summed E-state index contributed by atoms with van der Waals surface area (Å²) in [5.41, 5.74) is -1.90. The molecular formula is C15H17F3N2O4. The average molecular weight is 346 g/mol. The van der Waals surface area contributed by atoms with Crippen LogP contribution >= 0.6 is 0 Å². The topological polar surface area (TPSA) is 72.7 Å². The number of nitrogens with zero attached hydrogens (tertiary/aromatic N) is 2. The monoisotopic (exact) mass is 346 g/mol. The van der Waals surface area contributed by atoms with Crippen molar-refractivity contribution >= 4 is 17.3 Å². The molecule has 1 aliphatic rings. The van der Waals surface area contributed by atoms with Gasteiger partial charge < -0.3 is 9.64 Å². The summed E-state index contributed by atoms with van der Waals surface area (Å²) in [7, 11) is 1.31. The highest BCUT2D eigenvalue weighted by atomic mass is 19.4. The number of halogens is 3. The van der Waals surface area contributed by atoms with Crippen molar-refractivity contribution in [3.63, 3.8) is 0 Å². The second-order valence-electron chi connectivity index (χ2n) is 5.67. The molecule has 0 atom stereocenters. The molecule has 1 fully saturated rings. The highest BCUT2D eigenvalue weighted by Gasteiger charge is 2.39. The quantitative estimate of drug-likeness (QED) is 0.475. The minimum absolute atomic E-state index is 0.133. The normalized spacial score (nSPS) is 16.1. The molecular weight excluding hydrogens is 329 g/mol. The van der Waals surface area contributed by atoms with E-state index >= 15 is 0 Å². The Bertz CT molecular complexity index is 626. The van der Waals surface area contributed by atoms with E-state index < -0.39 is 22.4 Å². The molecule has 0 amide bonds. The summed E-state index contributed by atoms with van der Waals surface area (Å²) in [6.45, 7) is 0.966. The van der Waals surface area contributed by atoms with Crippen molar-refractivity contribution < 1.29 is 27.6 Å². The molecule has 1 heterocycles. The lowest BCUT2D eigenvalue weighted by Gasteiger charge is -2.33. The minimum atomic E-state index is -4.79. The van der Waals surface area contributed by atoms with Crippen LogP contribution in [0.15, 0.2) is 18.2 Å². The summed E-state index contributed by atoms with van der Waals surface area (Å²) in [4.78, 5) is 22.8. The van der Waals surface area contributed by atoms with Crippen LogP contribution in [0.1, 0.15) is 24.8 Å². The van der Waals surface area contributed by atoms with Crippen molar-refractivity contribution in [2.75, 3.05) is 25.1 Å². The first-order valence-electron chi connectivity index (χ1n) is 7.39. The SMILES string of the molecule is COC(=O)CC1CCN(c2ccc([N+](=O)[O-])c(C(F)(F)F)c2)CC1. The number of hydrogen-bond donors (Lipinski definition) is 0. The van der Waals surface area contributed by atoms with Gasteiger partial charge in [-0.2, -0.15) is 13.2 Å². The third kappa shape index (κ3) is 4.15. The molecule has 1 aliphatic heterocycles. The van der Waals surface area contributed by atoms with Crippen molar-refractivity contribution in [3.05, 3.63) is 33.9 Å². The number of carbonyl (C=O) groups excluding carboxylic acids is 1. The van der Waals surface area contributed by atoms with Crippen LogP contribution in [0.2, 0.25) is 0 Å². The standard InChI is InChI=1S/C15H17F3N2O4/c1-24-14(21)8-10-4-6-19(7-5-10)11-2-3-13(20(22)23)12(9-11)15(16,17)18/h2-3,9-10H,4-8H2,1H3. The van der Waals surface area contributed by atoms with Crippen molar-refractivity contribution in [3.8, 4) is 0 Å². The van der Waals surface area contributed by atoms with Crippen molar-refractivity contribution in [2.24, 2.45) is 5.92 Å². The van der Waals surface area contributed by atoms with Crippen LogP contribution in [0, 0.1) is 16.0 Å². The van der Waals surface area contributed by atoms with Gasteiger partial charge in [0.2, 0.25) is 0 Å². The van der Waals surface area contributed by atoms with Gasteiger partial charge in [-0.25, -0.2) is 0 Å². The highest BCUT2D eigenvalue weighted by Crippen LogP contribution is 2.39. The Morgan fingerprint density at radius 1 is 1.38 bits per heavy atom. The van der Waals surface area contributed by atoms with E-state index in [1.54, 1.807) is 4.90 Å². The van der Waals surface area contributed by atoms with Gasteiger partial charge in [0, 0.05) is 31.3 Å². The Balaban J connectivity index is 2.14. The van der Waals surface area contributed by atoms with Gasteiger partial charge in [0.1, 0.15) is 5.56 Å². The fourth-order valence-electron chi connectivity index (χ4n) is 2.82. The van der Waals surface area contributed by atoms with E-state index in [0.717, 1.165) is 12.1 Å². The number of nitro groups is 1. The molecule has 0 N–H and O–H groups in total. The number of piperidine rings is 1. The van der Waals surface area contributed by atoms with Crippen LogP contribution in [-0.2, 0) is 15.7 Å². The number of carbonyl (C=O) groups is 1. The van der Waals surface area contributed by atoms with Gasteiger partial charge in [-0.1, -0.05) is 0 Å². The first-order valence-corrected chi connectivity index (χ1v) is 7.39. The first kappa shape index (κ1) is 18.0. The highest BCUT2D eigenvalue weighted by molar-refractivity contribution is 5.69. The number of methoxy groups -OCH3 is 1. The van der Waals surface area contributed by atoms with Crippen LogP contribution < -0.4 is 4.90 Å². The van der Waals surface area contributed by atoms with E-state index in [0.29, 0.717) is 38.0 Å². The van der Waals surface area contributed by atoms with Gasteiger partial charge in [0.05, 0.1) is 12.0 Å². The van der Waals surface area contributed by atoms with E-state index in [4.69, 9.17) is 0 Å². The lowest BCUT2D eigenvalue weighted by Crippen LogP contribution is -2.34. The predicted octanol–water partition coefficient (Wildman–Crippen LogP) is 3.39. The smallest absolute Gasteiger partial charge is 0.423 e. The molecule has 9 heteroatoms. The summed E-state index contributed by atoms with van der Waals surface area (Å²) in [5.74, 6) is -0.169. The van der Waals surface area contributed by atoms with Crippen LogP contribution in [-0.4, -0.2) is 31.1 Å². The number of nitro benzene ring substituents is 1. The largest absolute Gasteiger partial charge is 0.469 e. The molecule has 0 radical (unpaired) electrons. The third-order valence-electron chi connectivity index (χ3n) is 4.14. The lowest BCUT2D eigenvalue weighted by atomic mass is 9.93. The van der Waals surface area contributed by atoms with Gasteiger partial charge in [0.25, 0.3) is 5.69 Å². The fraction of sp³-hybridized carbons (Fsp3) is 0.533.